The predicted molar refractivity (Wildman–Crippen MR) is 90.1 cm³/mol. The molecule has 0 bridgehead atoms. The molecule has 0 aliphatic carbocycles. The van der Waals surface area contributed by atoms with Gasteiger partial charge in [-0.3, -0.25) is 0 Å². The summed E-state index contributed by atoms with van der Waals surface area (Å²) in [5.41, 5.74) is 0. The molecule has 1 aliphatic heterocycles. The zero-order chi connectivity index (χ0) is 15.4. The number of ether oxygens (including phenoxy) is 1. The van der Waals surface area contributed by atoms with Gasteiger partial charge in [-0.15, -0.1) is 0 Å². The van der Waals surface area contributed by atoms with E-state index in [-0.39, 0.29) is 0 Å². The number of hydrogen-bond donors (Lipinski definition) is 0. The number of aromatic nitrogens is 1. The normalized spacial score (nSPS) is 18.0. The molecule has 118 valence electrons. The minimum absolute atomic E-state index is 0.437. The van der Waals surface area contributed by atoms with Crippen molar-refractivity contribution in [2.45, 2.75) is 11.4 Å². The van der Waals surface area contributed by atoms with Gasteiger partial charge >= 0.3 is 0 Å². The van der Waals surface area contributed by atoms with Gasteiger partial charge < -0.3 is 9.64 Å². The van der Waals surface area contributed by atoms with E-state index in [2.05, 4.69) is 14.2 Å². The Morgan fingerprint density at radius 1 is 1.32 bits per heavy atom. The van der Waals surface area contributed by atoms with Gasteiger partial charge in [-0.1, -0.05) is 29.5 Å². The zero-order valence-electron chi connectivity index (χ0n) is 12.5. The third-order valence-corrected chi connectivity index (χ3v) is 6.28. The molecule has 1 aliphatic rings. The molecule has 1 fully saturated rings. The van der Waals surface area contributed by atoms with Crippen molar-refractivity contribution < 1.29 is 8.95 Å². The Hall–Kier alpha value is -1.44. The van der Waals surface area contributed by atoms with Gasteiger partial charge in [0.2, 0.25) is 0 Å². The summed E-state index contributed by atoms with van der Waals surface area (Å²) in [6, 6.07) is 9.40. The fourth-order valence-electron chi connectivity index (χ4n) is 2.21. The lowest BCUT2D eigenvalue weighted by molar-refractivity contribution is 0.122. The lowest BCUT2D eigenvalue weighted by Crippen LogP contribution is -2.36. The summed E-state index contributed by atoms with van der Waals surface area (Å²) in [6.07, 6.45) is 3.52. The first-order valence-electron chi connectivity index (χ1n) is 7.15. The highest BCUT2D eigenvalue weighted by Gasteiger charge is 2.14. The third kappa shape index (κ3) is 3.66. The van der Waals surface area contributed by atoms with E-state index in [0.29, 0.717) is 6.54 Å². The lowest BCUT2D eigenvalue weighted by atomic mass is 10.4. The van der Waals surface area contributed by atoms with Crippen molar-refractivity contribution >= 4 is 26.2 Å². The molecule has 0 N–H and O–H groups in total. The minimum Gasteiger partial charge on any atom is -0.378 e. The monoisotopic (exact) mass is 337 g/mol. The molecule has 3 rings (SSSR count). The van der Waals surface area contributed by atoms with Gasteiger partial charge in [0.25, 0.3) is 0 Å². The second-order valence-electron chi connectivity index (χ2n) is 5.11. The van der Waals surface area contributed by atoms with Crippen LogP contribution in [-0.2, 0) is 21.0 Å². The van der Waals surface area contributed by atoms with Crippen molar-refractivity contribution in [3.63, 3.8) is 0 Å². The van der Waals surface area contributed by atoms with Crippen molar-refractivity contribution in [3.8, 4) is 0 Å². The predicted octanol–water partition coefficient (Wildman–Crippen LogP) is 2.64. The highest BCUT2D eigenvalue weighted by Crippen LogP contribution is 2.24. The van der Waals surface area contributed by atoms with E-state index in [0.717, 1.165) is 41.2 Å². The van der Waals surface area contributed by atoms with E-state index >= 15 is 0 Å². The molecule has 1 unspecified atom stereocenters. The lowest BCUT2D eigenvalue weighted by Gasteiger charge is -2.25. The summed E-state index contributed by atoms with van der Waals surface area (Å²) in [5, 5.41) is 0.996. The van der Waals surface area contributed by atoms with Gasteiger partial charge in [0.1, 0.15) is 0 Å². The Kier molecular flexibility index (Phi) is 4.75. The quantitative estimate of drug-likeness (QED) is 0.861. The second kappa shape index (κ2) is 6.76. The Morgan fingerprint density at radius 3 is 2.77 bits per heavy atom. The van der Waals surface area contributed by atoms with Crippen molar-refractivity contribution in [1.29, 1.82) is 0 Å². The topological polar surface area (TPSA) is 54.8 Å². The first kappa shape index (κ1) is 15.5. The van der Waals surface area contributed by atoms with E-state index in [4.69, 9.17) is 4.74 Å². The van der Waals surface area contributed by atoms with Gasteiger partial charge in [-0.2, -0.15) is 0 Å². The van der Waals surface area contributed by atoms with Crippen LogP contribution in [0.5, 0.6) is 0 Å². The molecule has 2 heterocycles. The number of rotatable bonds is 4. The molecule has 7 heteroatoms. The van der Waals surface area contributed by atoms with Gasteiger partial charge in [0.05, 0.1) is 29.5 Å². The van der Waals surface area contributed by atoms with Crippen LogP contribution in [0.2, 0.25) is 0 Å². The van der Waals surface area contributed by atoms with Crippen molar-refractivity contribution in [2.24, 2.45) is 4.36 Å². The number of nitrogens with zero attached hydrogens (tertiary/aromatic N) is 3. The smallest absolute Gasteiger partial charge is 0.185 e. The molecular formula is C15H19N3O2S2. The summed E-state index contributed by atoms with van der Waals surface area (Å²) in [4.78, 5) is 8.48. The van der Waals surface area contributed by atoms with E-state index < -0.39 is 9.73 Å². The molecule has 1 atom stereocenters. The molecule has 0 saturated carbocycles. The van der Waals surface area contributed by atoms with Gasteiger partial charge in [-0.05, 0) is 12.1 Å². The maximum atomic E-state index is 12.7. The standard InChI is InChI=1S/C15H19N3O2S2/c1-22(19,14-5-3-2-4-6-14)17-12-13-11-16-15(21-13)18-7-9-20-10-8-18/h2-6,11H,7-10,12H2,1H3. The van der Waals surface area contributed by atoms with Crippen molar-refractivity contribution in [2.75, 3.05) is 37.5 Å². The van der Waals surface area contributed by atoms with Crippen LogP contribution in [-0.4, -0.2) is 41.8 Å². The summed E-state index contributed by atoms with van der Waals surface area (Å²) < 4.78 is 22.4. The van der Waals surface area contributed by atoms with E-state index in [1.807, 2.05) is 36.5 Å². The van der Waals surface area contributed by atoms with E-state index in [1.54, 1.807) is 17.6 Å². The number of hydrogen-bond acceptors (Lipinski definition) is 6. The average Bonchev–Trinajstić information content (AvgIpc) is 3.04. The maximum absolute atomic E-state index is 12.7. The van der Waals surface area contributed by atoms with Crippen LogP contribution < -0.4 is 4.90 Å². The molecular weight excluding hydrogens is 318 g/mol. The summed E-state index contributed by atoms with van der Waals surface area (Å²) >= 11 is 1.62. The van der Waals surface area contributed by atoms with Crippen LogP contribution >= 0.6 is 11.3 Å². The summed E-state index contributed by atoms with van der Waals surface area (Å²) in [7, 11) is -2.35. The molecule has 0 amide bonds. The number of benzene rings is 1. The SMILES string of the molecule is CS(=O)(=NCc1cnc(N2CCOCC2)s1)c1ccccc1. The maximum Gasteiger partial charge on any atom is 0.185 e. The highest BCUT2D eigenvalue weighted by molar-refractivity contribution is 7.93. The Bertz CT molecular complexity index is 730. The molecule has 1 aromatic carbocycles. The summed E-state index contributed by atoms with van der Waals surface area (Å²) in [6.45, 7) is 3.68. The second-order valence-corrected chi connectivity index (χ2v) is 8.54. The van der Waals surface area contributed by atoms with Crippen LogP contribution in [0, 0.1) is 0 Å². The van der Waals surface area contributed by atoms with Crippen LogP contribution in [0.4, 0.5) is 5.13 Å². The molecule has 1 saturated heterocycles. The molecule has 0 spiro atoms. The minimum atomic E-state index is -2.35. The zero-order valence-corrected chi connectivity index (χ0v) is 14.1. The highest BCUT2D eigenvalue weighted by atomic mass is 32.2. The van der Waals surface area contributed by atoms with Gasteiger partial charge in [-0.25, -0.2) is 13.6 Å². The number of anilines is 1. The molecule has 0 radical (unpaired) electrons. The van der Waals surface area contributed by atoms with Gasteiger partial charge in [0.15, 0.2) is 5.13 Å². The summed E-state index contributed by atoms with van der Waals surface area (Å²) in [5.74, 6) is 0. The molecule has 2 aromatic rings. The Labute approximate surface area is 135 Å². The Morgan fingerprint density at radius 2 is 2.05 bits per heavy atom. The van der Waals surface area contributed by atoms with E-state index in [1.165, 1.54) is 0 Å². The largest absolute Gasteiger partial charge is 0.378 e. The van der Waals surface area contributed by atoms with Crippen LogP contribution in [0.15, 0.2) is 45.8 Å². The molecule has 1 aromatic heterocycles. The third-order valence-electron chi connectivity index (χ3n) is 3.47. The molecule has 22 heavy (non-hydrogen) atoms. The number of thiazole rings is 1. The molecule has 5 nitrogen and oxygen atoms in total. The first-order valence-corrected chi connectivity index (χ1v) is 9.89. The Balaban J connectivity index is 1.72. The van der Waals surface area contributed by atoms with Crippen LogP contribution in [0.25, 0.3) is 0 Å². The fraction of sp³-hybridized carbons (Fsp3) is 0.400. The fourth-order valence-corrected chi connectivity index (χ4v) is 4.37. The number of morpholine rings is 1. The first-order chi connectivity index (χ1) is 10.6. The van der Waals surface area contributed by atoms with Gasteiger partial charge in [0, 0.05) is 35.3 Å². The van der Waals surface area contributed by atoms with Crippen LogP contribution in [0.3, 0.4) is 0 Å². The van der Waals surface area contributed by atoms with Crippen molar-refractivity contribution in [1.82, 2.24) is 4.98 Å². The van der Waals surface area contributed by atoms with Crippen LogP contribution in [0.1, 0.15) is 4.88 Å². The van der Waals surface area contributed by atoms with Crippen molar-refractivity contribution in [3.05, 3.63) is 41.4 Å². The average molecular weight is 337 g/mol. The van der Waals surface area contributed by atoms with E-state index in [9.17, 15) is 4.21 Å².